The van der Waals surface area contributed by atoms with Gasteiger partial charge >= 0.3 is 0 Å². The monoisotopic (exact) mass is 294 g/mol. The van der Waals surface area contributed by atoms with Crippen LogP contribution in [0.3, 0.4) is 0 Å². The van der Waals surface area contributed by atoms with Gasteiger partial charge in [0.05, 0.1) is 0 Å². The van der Waals surface area contributed by atoms with Crippen molar-refractivity contribution in [2.24, 2.45) is 0 Å². The molecule has 3 aromatic rings. The Kier molecular flexibility index (Phi) is 4.38. The third-order valence-electron chi connectivity index (χ3n) is 3.77. The molecule has 1 nitrogen and oxygen atoms in total. The van der Waals surface area contributed by atoms with Crippen molar-refractivity contribution in [2.45, 2.75) is 26.4 Å². The largest absolute Gasteiger partial charge is 0.489 e. The summed E-state index contributed by atoms with van der Waals surface area (Å²) in [6.45, 7) is 2.43. The van der Waals surface area contributed by atoms with Crippen LogP contribution in [0.25, 0.3) is 10.8 Å². The Balaban J connectivity index is 1.77. The number of fused-ring (bicyclic) bond motifs is 1. The first-order valence-electron chi connectivity index (χ1n) is 7.65. The van der Waals surface area contributed by atoms with Gasteiger partial charge in [-0.05, 0) is 41.0 Å². The van der Waals surface area contributed by atoms with Crippen molar-refractivity contribution < 1.29 is 9.13 Å². The highest BCUT2D eigenvalue weighted by molar-refractivity contribution is 5.84. The molecule has 0 aromatic heterocycles. The normalized spacial score (nSPS) is 10.8. The van der Waals surface area contributed by atoms with Crippen LogP contribution in [0.5, 0.6) is 5.75 Å². The van der Waals surface area contributed by atoms with Gasteiger partial charge in [-0.1, -0.05) is 55.8 Å². The summed E-state index contributed by atoms with van der Waals surface area (Å²) in [5.74, 6) is 0.534. The first-order chi connectivity index (χ1) is 10.8. The van der Waals surface area contributed by atoms with Crippen LogP contribution in [0, 0.1) is 5.82 Å². The highest BCUT2D eigenvalue weighted by Gasteiger charge is 2.03. The maximum Gasteiger partial charge on any atom is 0.129 e. The summed E-state index contributed by atoms with van der Waals surface area (Å²) in [5, 5.41) is 2.36. The first-order valence-corrected chi connectivity index (χ1v) is 7.65. The van der Waals surface area contributed by atoms with E-state index in [-0.39, 0.29) is 12.4 Å². The third kappa shape index (κ3) is 3.28. The van der Waals surface area contributed by atoms with Crippen molar-refractivity contribution in [1.29, 1.82) is 0 Å². The summed E-state index contributed by atoms with van der Waals surface area (Å²) in [6.07, 6.45) is 2.25. The molecule has 0 saturated heterocycles. The zero-order chi connectivity index (χ0) is 15.4. The summed E-state index contributed by atoms with van der Waals surface area (Å²) in [4.78, 5) is 0. The van der Waals surface area contributed by atoms with E-state index < -0.39 is 0 Å². The minimum absolute atomic E-state index is 0.229. The van der Waals surface area contributed by atoms with Crippen molar-refractivity contribution in [3.63, 3.8) is 0 Å². The van der Waals surface area contributed by atoms with Crippen LogP contribution in [-0.4, -0.2) is 0 Å². The molecule has 22 heavy (non-hydrogen) atoms. The highest BCUT2D eigenvalue weighted by atomic mass is 19.1. The van der Waals surface area contributed by atoms with E-state index >= 15 is 0 Å². The maximum atomic E-state index is 13.6. The van der Waals surface area contributed by atoms with Crippen LogP contribution in [0.1, 0.15) is 24.5 Å². The number of rotatable bonds is 5. The SMILES string of the molecule is CCCc1ccc2cc(OCc3ccccc3F)ccc2c1. The first kappa shape index (κ1) is 14.6. The maximum absolute atomic E-state index is 13.6. The molecule has 0 radical (unpaired) electrons. The summed E-state index contributed by atoms with van der Waals surface area (Å²) in [6, 6.07) is 19.2. The van der Waals surface area contributed by atoms with Gasteiger partial charge in [-0.2, -0.15) is 0 Å². The fraction of sp³-hybridized carbons (Fsp3) is 0.200. The lowest BCUT2D eigenvalue weighted by Gasteiger charge is -2.09. The molecule has 0 aliphatic heterocycles. The number of ether oxygens (including phenoxy) is 1. The summed E-state index contributed by atoms with van der Waals surface area (Å²) in [7, 11) is 0. The Hall–Kier alpha value is -2.35. The van der Waals surface area contributed by atoms with Gasteiger partial charge in [-0.15, -0.1) is 0 Å². The molecule has 0 unspecified atom stereocenters. The fourth-order valence-corrected chi connectivity index (χ4v) is 2.58. The second-order valence-electron chi connectivity index (χ2n) is 5.47. The summed E-state index contributed by atoms with van der Waals surface area (Å²) in [5.41, 5.74) is 1.93. The highest BCUT2D eigenvalue weighted by Crippen LogP contribution is 2.23. The van der Waals surface area contributed by atoms with Gasteiger partial charge in [0.15, 0.2) is 0 Å². The van der Waals surface area contributed by atoms with Crippen molar-refractivity contribution in [3.05, 3.63) is 77.6 Å². The third-order valence-corrected chi connectivity index (χ3v) is 3.77. The molecule has 112 valence electrons. The van der Waals surface area contributed by atoms with Crippen LogP contribution in [0.4, 0.5) is 4.39 Å². The predicted octanol–water partition coefficient (Wildman–Crippen LogP) is 5.51. The van der Waals surface area contributed by atoms with Crippen molar-refractivity contribution in [3.8, 4) is 5.75 Å². The van der Waals surface area contributed by atoms with Crippen LogP contribution in [0.2, 0.25) is 0 Å². The summed E-state index contributed by atoms with van der Waals surface area (Å²) >= 11 is 0. The minimum atomic E-state index is -0.229. The standard InChI is InChI=1S/C20H19FO/c1-2-5-15-8-9-17-13-19(11-10-16(17)12-15)22-14-18-6-3-4-7-20(18)21/h3-4,6-13H,2,5,14H2,1H3. The molecule has 0 N–H and O–H groups in total. The number of aryl methyl sites for hydroxylation is 1. The topological polar surface area (TPSA) is 9.23 Å². The number of benzene rings is 3. The van der Waals surface area contributed by atoms with E-state index in [1.165, 1.54) is 17.0 Å². The molecule has 2 heteroatoms. The van der Waals surface area contributed by atoms with E-state index in [4.69, 9.17) is 4.74 Å². The van der Waals surface area contributed by atoms with Gasteiger partial charge in [0, 0.05) is 5.56 Å². The number of halogens is 1. The molecule has 0 saturated carbocycles. The van der Waals surface area contributed by atoms with E-state index in [0.29, 0.717) is 5.56 Å². The van der Waals surface area contributed by atoms with E-state index in [0.717, 1.165) is 24.0 Å². The van der Waals surface area contributed by atoms with Crippen LogP contribution >= 0.6 is 0 Å². The smallest absolute Gasteiger partial charge is 0.129 e. The van der Waals surface area contributed by atoms with Gasteiger partial charge in [-0.25, -0.2) is 4.39 Å². The van der Waals surface area contributed by atoms with Gasteiger partial charge in [-0.3, -0.25) is 0 Å². The molecule has 0 heterocycles. The average Bonchev–Trinajstić information content (AvgIpc) is 2.54. The number of hydrogen-bond donors (Lipinski definition) is 0. The Morgan fingerprint density at radius 1 is 0.909 bits per heavy atom. The van der Waals surface area contributed by atoms with E-state index in [1.807, 2.05) is 18.2 Å². The molecule has 0 atom stereocenters. The van der Waals surface area contributed by atoms with Gasteiger partial charge in [0.25, 0.3) is 0 Å². The Bertz CT molecular complexity index is 780. The van der Waals surface area contributed by atoms with Crippen molar-refractivity contribution in [2.75, 3.05) is 0 Å². The van der Waals surface area contributed by atoms with Crippen molar-refractivity contribution in [1.82, 2.24) is 0 Å². The quantitative estimate of drug-likeness (QED) is 0.603. The zero-order valence-corrected chi connectivity index (χ0v) is 12.7. The lowest BCUT2D eigenvalue weighted by Crippen LogP contribution is -1.98. The predicted molar refractivity (Wildman–Crippen MR) is 88.7 cm³/mol. The molecule has 0 amide bonds. The van der Waals surface area contributed by atoms with Crippen LogP contribution in [0.15, 0.2) is 60.7 Å². The molecule has 0 aliphatic rings. The lowest BCUT2D eigenvalue weighted by atomic mass is 10.0. The summed E-state index contributed by atoms with van der Waals surface area (Å²) < 4.78 is 19.3. The Morgan fingerprint density at radius 3 is 2.50 bits per heavy atom. The molecule has 3 aromatic carbocycles. The molecule has 0 aliphatic carbocycles. The van der Waals surface area contributed by atoms with Crippen LogP contribution < -0.4 is 4.74 Å². The average molecular weight is 294 g/mol. The van der Waals surface area contributed by atoms with Gasteiger partial charge in [0.1, 0.15) is 18.2 Å². The van der Waals surface area contributed by atoms with E-state index in [2.05, 4.69) is 31.2 Å². The molecular formula is C20H19FO. The second kappa shape index (κ2) is 6.61. The minimum Gasteiger partial charge on any atom is -0.489 e. The van der Waals surface area contributed by atoms with E-state index in [1.54, 1.807) is 12.1 Å². The van der Waals surface area contributed by atoms with E-state index in [9.17, 15) is 4.39 Å². The Morgan fingerprint density at radius 2 is 1.68 bits per heavy atom. The zero-order valence-electron chi connectivity index (χ0n) is 12.7. The van der Waals surface area contributed by atoms with Gasteiger partial charge < -0.3 is 4.74 Å². The molecule has 0 spiro atoms. The fourth-order valence-electron chi connectivity index (χ4n) is 2.58. The second-order valence-corrected chi connectivity index (χ2v) is 5.47. The molecule has 3 rings (SSSR count). The van der Waals surface area contributed by atoms with Crippen molar-refractivity contribution >= 4 is 10.8 Å². The molecule has 0 fully saturated rings. The van der Waals surface area contributed by atoms with Crippen LogP contribution in [-0.2, 0) is 13.0 Å². The molecular weight excluding hydrogens is 275 g/mol. The lowest BCUT2D eigenvalue weighted by molar-refractivity contribution is 0.300. The number of hydrogen-bond acceptors (Lipinski definition) is 1. The Labute approximate surface area is 130 Å². The molecule has 0 bridgehead atoms. The van der Waals surface area contributed by atoms with Gasteiger partial charge in [0.2, 0.25) is 0 Å².